The number of benzene rings is 2. The van der Waals surface area contributed by atoms with Crippen molar-refractivity contribution in [3.05, 3.63) is 93.9 Å². The third-order valence-electron chi connectivity index (χ3n) is 4.91. The smallest absolute Gasteiger partial charge is 0.263 e. The molecule has 31 heavy (non-hydrogen) atoms. The molecule has 0 aliphatic rings. The monoisotopic (exact) mass is 414 g/mol. The lowest BCUT2D eigenvalue weighted by molar-refractivity contribution is -0.121. The number of nitrogens with zero attached hydrogens (tertiary/aromatic N) is 3. The second-order valence-corrected chi connectivity index (χ2v) is 7.41. The quantitative estimate of drug-likeness (QED) is 0.522. The van der Waals surface area contributed by atoms with Crippen LogP contribution in [0.15, 0.2) is 76.2 Å². The lowest BCUT2D eigenvalue weighted by atomic mass is 10.1. The Hall–Kier alpha value is -4.00. The van der Waals surface area contributed by atoms with Crippen LogP contribution in [-0.2, 0) is 17.9 Å². The summed E-state index contributed by atoms with van der Waals surface area (Å²) in [5.41, 5.74) is 3.96. The first-order chi connectivity index (χ1) is 15.0. The topological polar surface area (TPSA) is 90.0 Å². The van der Waals surface area contributed by atoms with E-state index in [1.54, 1.807) is 18.3 Å². The van der Waals surface area contributed by atoms with E-state index in [0.29, 0.717) is 12.4 Å². The number of amides is 1. The van der Waals surface area contributed by atoms with Crippen molar-refractivity contribution in [1.82, 2.24) is 20.0 Å². The van der Waals surface area contributed by atoms with Crippen LogP contribution in [0.25, 0.3) is 22.8 Å². The van der Waals surface area contributed by atoms with Crippen LogP contribution >= 0.6 is 0 Å². The van der Waals surface area contributed by atoms with Gasteiger partial charge in [0.1, 0.15) is 12.1 Å². The van der Waals surface area contributed by atoms with E-state index in [-0.39, 0.29) is 29.5 Å². The summed E-state index contributed by atoms with van der Waals surface area (Å²) in [5.74, 6) is 0.265. The molecule has 0 fully saturated rings. The summed E-state index contributed by atoms with van der Waals surface area (Å²) in [5, 5.41) is 6.81. The summed E-state index contributed by atoms with van der Waals surface area (Å²) in [6.45, 7) is 4.30. The molecule has 0 aliphatic carbocycles. The van der Waals surface area contributed by atoms with E-state index in [9.17, 15) is 9.59 Å². The number of carbonyl (C=O) groups is 1. The summed E-state index contributed by atoms with van der Waals surface area (Å²) in [6, 6.07) is 18.9. The molecule has 0 saturated carbocycles. The summed E-state index contributed by atoms with van der Waals surface area (Å²) < 4.78 is 6.65. The zero-order chi connectivity index (χ0) is 21.8. The molecular weight excluding hydrogens is 392 g/mol. The van der Waals surface area contributed by atoms with E-state index in [1.807, 2.05) is 62.4 Å². The SMILES string of the molecule is Cc1ccc(CNC(=O)Cn2cccc(-c3nc(-c4ccc(C)cc4)no3)c2=O)cc1. The third-order valence-corrected chi connectivity index (χ3v) is 4.91. The average molecular weight is 414 g/mol. The van der Waals surface area contributed by atoms with Gasteiger partial charge in [-0.3, -0.25) is 9.59 Å². The van der Waals surface area contributed by atoms with E-state index in [4.69, 9.17) is 4.52 Å². The van der Waals surface area contributed by atoms with Crippen LogP contribution < -0.4 is 10.9 Å². The number of pyridine rings is 1. The van der Waals surface area contributed by atoms with Gasteiger partial charge in [-0.05, 0) is 31.5 Å². The van der Waals surface area contributed by atoms with Crippen molar-refractivity contribution in [2.24, 2.45) is 0 Å². The molecular formula is C24H22N4O3. The molecule has 0 aliphatic heterocycles. The molecule has 0 atom stereocenters. The van der Waals surface area contributed by atoms with Gasteiger partial charge in [0.2, 0.25) is 11.7 Å². The van der Waals surface area contributed by atoms with Crippen LogP contribution in [0.5, 0.6) is 0 Å². The zero-order valence-corrected chi connectivity index (χ0v) is 17.3. The molecule has 2 aromatic heterocycles. The van der Waals surface area contributed by atoms with Gasteiger partial charge in [-0.15, -0.1) is 0 Å². The first kappa shape index (κ1) is 20.3. The minimum Gasteiger partial charge on any atom is -0.350 e. The highest BCUT2D eigenvalue weighted by molar-refractivity contribution is 5.75. The van der Waals surface area contributed by atoms with E-state index in [2.05, 4.69) is 15.5 Å². The fourth-order valence-corrected chi connectivity index (χ4v) is 3.09. The molecule has 0 radical (unpaired) electrons. The number of aromatic nitrogens is 3. The second-order valence-electron chi connectivity index (χ2n) is 7.41. The Morgan fingerprint density at radius 2 is 1.68 bits per heavy atom. The van der Waals surface area contributed by atoms with Crippen LogP contribution in [0.4, 0.5) is 0 Å². The lowest BCUT2D eigenvalue weighted by Gasteiger charge is -2.08. The molecule has 2 heterocycles. The van der Waals surface area contributed by atoms with Crippen molar-refractivity contribution in [2.45, 2.75) is 26.9 Å². The van der Waals surface area contributed by atoms with Crippen molar-refractivity contribution in [1.29, 1.82) is 0 Å². The first-order valence-corrected chi connectivity index (χ1v) is 9.92. The molecule has 2 aromatic carbocycles. The minimum absolute atomic E-state index is 0.0997. The van der Waals surface area contributed by atoms with E-state index < -0.39 is 0 Å². The minimum atomic E-state index is -0.368. The number of hydrogen-bond donors (Lipinski definition) is 1. The number of aryl methyl sites for hydroxylation is 2. The molecule has 4 aromatic rings. The average Bonchev–Trinajstić information content (AvgIpc) is 3.25. The van der Waals surface area contributed by atoms with Crippen LogP contribution in [-0.4, -0.2) is 20.6 Å². The Labute approximate surface area is 179 Å². The fourth-order valence-electron chi connectivity index (χ4n) is 3.09. The number of hydrogen-bond acceptors (Lipinski definition) is 5. The Bertz CT molecular complexity index is 1260. The van der Waals surface area contributed by atoms with Gasteiger partial charge in [0.05, 0.1) is 0 Å². The zero-order valence-electron chi connectivity index (χ0n) is 17.3. The molecule has 7 heteroatoms. The van der Waals surface area contributed by atoms with Gasteiger partial charge >= 0.3 is 0 Å². The molecule has 1 N–H and O–H groups in total. The first-order valence-electron chi connectivity index (χ1n) is 9.92. The van der Waals surface area contributed by atoms with Gasteiger partial charge in [-0.1, -0.05) is 64.8 Å². The Balaban J connectivity index is 1.48. The van der Waals surface area contributed by atoms with Gasteiger partial charge in [0, 0.05) is 18.3 Å². The maximum absolute atomic E-state index is 12.9. The fraction of sp³-hybridized carbons (Fsp3) is 0.167. The highest BCUT2D eigenvalue weighted by atomic mass is 16.5. The Kier molecular flexibility index (Phi) is 5.75. The maximum Gasteiger partial charge on any atom is 0.263 e. The van der Waals surface area contributed by atoms with Crippen molar-refractivity contribution < 1.29 is 9.32 Å². The van der Waals surface area contributed by atoms with Gasteiger partial charge in [-0.2, -0.15) is 4.98 Å². The number of nitrogens with one attached hydrogen (secondary N) is 1. The van der Waals surface area contributed by atoms with Crippen molar-refractivity contribution in [3.8, 4) is 22.8 Å². The number of carbonyl (C=O) groups excluding carboxylic acids is 1. The molecule has 1 amide bonds. The van der Waals surface area contributed by atoms with Gasteiger partial charge in [-0.25, -0.2) is 0 Å². The Morgan fingerprint density at radius 1 is 1.00 bits per heavy atom. The van der Waals surface area contributed by atoms with E-state index >= 15 is 0 Å². The molecule has 4 rings (SSSR count). The van der Waals surface area contributed by atoms with Crippen LogP contribution in [0.1, 0.15) is 16.7 Å². The lowest BCUT2D eigenvalue weighted by Crippen LogP contribution is -2.32. The molecule has 0 unspecified atom stereocenters. The van der Waals surface area contributed by atoms with Crippen molar-refractivity contribution >= 4 is 5.91 Å². The summed E-state index contributed by atoms with van der Waals surface area (Å²) >= 11 is 0. The van der Waals surface area contributed by atoms with E-state index in [0.717, 1.165) is 22.3 Å². The maximum atomic E-state index is 12.9. The highest BCUT2D eigenvalue weighted by Gasteiger charge is 2.16. The van der Waals surface area contributed by atoms with Crippen LogP contribution in [0.3, 0.4) is 0 Å². The van der Waals surface area contributed by atoms with E-state index in [1.165, 1.54) is 4.57 Å². The van der Waals surface area contributed by atoms with Crippen LogP contribution in [0.2, 0.25) is 0 Å². The predicted octanol–water partition coefficient (Wildman–Crippen LogP) is 3.50. The van der Waals surface area contributed by atoms with Crippen molar-refractivity contribution in [2.75, 3.05) is 0 Å². The largest absolute Gasteiger partial charge is 0.350 e. The molecule has 7 nitrogen and oxygen atoms in total. The normalized spacial score (nSPS) is 10.8. The van der Waals surface area contributed by atoms with Crippen LogP contribution in [0, 0.1) is 13.8 Å². The number of rotatable bonds is 6. The van der Waals surface area contributed by atoms with Gasteiger partial charge in [0.25, 0.3) is 11.4 Å². The summed E-state index contributed by atoms with van der Waals surface area (Å²) in [6.07, 6.45) is 1.56. The third kappa shape index (κ3) is 4.78. The Morgan fingerprint density at radius 3 is 2.39 bits per heavy atom. The van der Waals surface area contributed by atoms with Gasteiger partial charge in [0.15, 0.2) is 0 Å². The molecule has 0 bridgehead atoms. The standard InChI is InChI=1S/C24H22N4O3/c1-16-5-9-18(10-6-16)14-25-21(29)15-28-13-3-4-20(24(28)30)23-26-22(27-31-23)19-11-7-17(2)8-12-19/h3-13H,14-15H2,1-2H3,(H,25,29). The highest BCUT2D eigenvalue weighted by Crippen LogP contribution is 2.20. The molecule has 0 saturated heterocycles. The predicted molar refractivity (Wildman–Crippen MR) is 117 cm³/mol. The summed E-state index contributed by atoms with van der Waals surface area (Å²) in [4.78, 5) is 29.6. The van der Waals surface area contributed by atoms with Crippen molar-refractivity contribution in [3.63, 3.8) is 0 Å². The molecule has 0 spiro atoms. The molecule has 156 valence electrons. The summed E-state index contributed by atoms with van der Waals surface area (Å²) in [7, 11) is 0. The second kappa shape index (κ2) is 8.79. The van der Waals surface area contributed by atoms with Gasteiger partial charge < -0.3 is 14.4 Å².